The molecule has 0 saturated carbocycles. The van der Waals surface area contributed by atoms with Gasteiger partial charge in [-0.05, 0) is 18.8 Å². The van der Waals surface area contributed by atoms with Crippen LogP contribution in [0.4, 0.5) is 0 Å². The normalized spacial score (nSPS) is 36.0. The smallest absolute Gasteiger partial charge is 0.00127 e. The number of rotatable bonds is 0. The van der Waals surface area contributed by atoms with E-state index < -0.39 is 0 Å². The lowest BCUT2D eigenvalue weighted by atomic mass is 9.81. The molecule has 2 aliphatic rings. The van der Waals surface area contributed by atoms with E-state index in [4.69, 9.17) is 0 Å². The first-order chi connectivity index (χ1) is 4.97. The lowest BCUT2D eigenvalue weighted by molar-refractivity contribution is 0.492. The first-order valence-electron chi connectivity index (χ1n) is 3.98. The summed E-state index contributed by atoms with van der Waals surface area (Å²) in [5, 5.41) is 0. The highest BCUT2D eigenvalue weighted by Crippen LogP contribution is 2.28. The highest BCUT2D eigenvalue weighted by molar-refractivity contribution is 5.20. The molecule has 0 heteroatoms. The van der Waals surface area contributed by atoms with E-state index in [0.29, 0.717) is 5.92 Å². The van der Waals surface area contributed by atoms with Crippen LogP contribution in [-0.4, -0.2) is 0 Å². The second-order valence-corrected chi connectivity index (χ2v) is 3.02. The Hall–Kier alpha value is -0.780. The second-order valence-electron chi connectivity index (χ2n) is 3.02. The molecule has 0 fully saturated rings. The van der Waals surface area contributed by atoms with Gasteiger partial charge in [0.2, 0.25) is 0 Å². The fraction of sp³-hybridized carbons (Fsp3) is 0.400. The van der Waals surface area contributed by atoms with E-state index in [-0.39, 0.29) is 0 Å². The first kappa shape index (κ1) is 5.96. The van der Waals surface area contributed by atoms with E-state index in [1.807, 2.05) is 0 Å². The van der Waals surface area contributed by atoms with E-state index >= 15 is 0 Å². The van der Waals surface area contributed by atoms with Crippen LogP contribution in [0.25, 0.3) is 0 Å². The molecule has 0 radical (unpaired) electrons. The summed E-state index contributed by atoms with van der Waals surface area (Å²) in [6, 6.07) is 0. The minimum atomic E-state index is 0.707. The van der Waals surface area contributed by atoms with Crippen LogP contribution in [-0.2, 0) is 0 Å². The molecular formula is C10H12. The quantitative estimate of drug-likeness (QED) is 0.444. The molecule has 0 N–H and O–H groups in total. The van der Waals surface area contributed by atoms with E-state index in [1.54, 1.807) is 0 Å². The van der Waals surface area contributed by atoms with E-state index in [0.717, 1.165) is 5.92 Å². The molecule has 0 aromatic carbocycles. The fourth-order valence-corrected chi connectivity index (χ4v) is 1.71. The summed E-state index contributed by atoms with van der Waals surface area (Å²) in [5.74, 6) is 1.51. The van der Waals surface area contributed by atoms with Gasteiger partial charge in [-0.15, -0.1) is 0 Å². The van der Waals surface area contributed by atoms with Crippen molar-refractivity contribution in [3.05, 3.63) is 36.5 Å². The van der Waals surface area contributed by atoms with Gasteiger partial charge in [0.1, 0.15) is 0 Å². The van der Waals surface area contributed by atoms with Crippen molar-refractivity contribution in [1.29, 1.82) is 0 Å². The third-order valence-electron chi connectivity index (χ3n) is 2.32. The topological polar surface area (TPSA) is 0 Å². The van der Waals surface area contributed by atoms with Crippen molar-refractivity contribution in [2.75, 3.05) is 0 Å². The third kappa shape index (κ3) is 0.942. The predicted molar refractivity (Wildman–Crippen MR) is 43.6 cm³/mol. The van der Waals surface area contributed by atoms with Crippen LogP contribution >= 0.6 is 0 Å². The van der Waals surface area contributed by atoms with Gasteiger partial charge in [0.25, 0.3) is 0 Å². The Morgan fingerprint density at radius 2 is 1.90 bits per heavy atom. The molecule has 2 aliphatic carbocycles. The summed E-state index contributed by atoms with van der Waals surface area (Å²) in [6.07, 6.45) is 16.2. The molecule has 0 saturated heterocycles. The number of allylic oxidation sites excluding steroid dienone is 6. The van der Waals surface area contributed by atoms with E-state index in [9.17, 15) is 0 Å². The first-order valence-corrected chi connectivity index (χ1v) is 3.98. The van der Waals surface area contributed by atoms with Crippen molar-refractivity contribution in [2.45, 2.75) is 12.8 Å². The lowest BCUT2D eigenvalue weighted by Gasteiger charge is -2.23. The minimum Gasteiger partial charge on any atom is -0.0879 e. The Labute approximate surface area is 61.9 Å². The van der Waals surface area contributed by atoms with Gasteiger partial charge in [0, 0.05) is 5.92 Å². The average Bonchev–Trinajstić information content (AvgIpc) is 2.05. The van der Waals surface area contributed by atoms with Gasteiger partial charge in [0.05, 0.1) is 0 Å². The fourth-order valence-electron chi connectivity index (χ4n) is 1.71. The van der Waals surface area contributed by atoms with Crippen molar-refractivity contribution >= 4 is 0 Å². The average molecular weight is 132 g/mol. The van der Waals surface area contributed by atoms with Crippen LogP contribution in [0.3, 0.4) is 0 Å². The lowest BCUT2D eigenvalue weighted by Crippen LogP contribution is -2.12. The zero-order valence-corrected chi connectivity index (χ0v) is 6.03. The summed E-state index contributed by atoms with van der Waals surface area (Å²) in [4.78, 5) is 0. The number of fused-ring (bicyclic) bond motifs is 1. The standard InChI is InChI=1S/C10H12/c1-2-6-10-8-4-3-7-9(10)5-1/h1-3,5-7,9-10H,4,8H2/t9?,10-/m1/s1. The van der Waals surface area contributed by atoms with Gasteiger partial charge in [-0.2, -0.15) is 0 Å². The Kier molecular flexibility index (Phi) is 1.46. The maximum Gasteiger partial charge on any atom is 0.00127 e. The monoisotopic (exact) mass is 132 g/mol. The van der Waals surface area contributed by atoms with Crippen LogP contribution in [0.15, 0.2) is 36.5 Å². The third-order valence-corrected chi connectivity index (χ3v) is 2.32. The molecule has 0 spiro atoms. The van der Waals surface area contributed by atoms with Crippen molar-refractivity contribution in [1.82, 2.24) is 0 Å². The zero-order valence-electron chi connectivity index (χ0n) is 6.03. The Morgan fingerprint density at radius 1 is 1.00 bits per heavy atom. The van der Waals surface area contributed by atoms with Gasteiger partial charge in [-0.3, -0.25) is 0 Å². The molecule has 0 aromatic rings. The van der Waals surface area contributed by atoms with Gasteiger partial charge < -0.3 is 0 Å². The highest BCUT2D eigenvalue weighted by atomic mass is 14.2. The molecule has 1 unspecified atom stereocenters. The van der Waals surface area contributed by atoms with E-state index in [1.165, 1.54) is 12.8 Å². The Bertz CT molecular complexity index is 196. The SMILES string of the molecule is C1=CC2C=CCC[C@H]2C=C1. The van der Waals surface area contributed by atoms with Crippen molar-refractivity contribution in [3.8, 4) is 0 Å². The number of hydrogen-bond acceptors (Lipinski definition) is 0. The largest absolute Gasteiger partial charge is 0.0879 e. The van der Waals surface area contributed by atoms with Gasteiger partial charge in [-0.1, -0.05) is 36.5 Å². The summed E-state index contributed by atoms with van der Waals surface area (Å²) >= 11 is 0. The predicted octanol–water partition coefficient (Wildman–Crippen LogP) is 2.69. The van der Waals surface area contributed by atoms with Crippen LogP contribution in [0.5, 0.6) is 0 Å². The van der Waals surface area contributed by atoms with Crippen molar-refractivity contribution < 1.29 is 0 Å². The highest BCUT2D eigenvalue weighted by Gasteiger charge is 2.17. The van der Waals surface area contributed by atoms with Crippen molar-refractivity contribution in [2.24, 2.45) is 11.8 Å². The molecular weight excluding hydrogens is 120 g/mol. The van der Waals surface area contributed by atoms with Crippen LogP contribution in [0.1, 0.15) is 12.8 Å². The van der Waals surface area contributed by atoms with Gasteiger partial charge >= 0.3 is 0 Å². The molecule has 52 valence electrons. The second kappa shape index (κ2) is 2.45. The summed E-state index contributed by atoms with van der Waals surface area (Å²) < 4.78 is 0. The summed E-state index contributed by atoms with van der Waals surface area (Å²) in [6.45, 7) is 0. The molecule has 0 heterocycles. The maximum absolute atomic E-state index is 2.33. The molecule has 0 aliphatic heterocycles. The molecule has 0 nitrogen and oxygen atoms in total. The minimum absolute atomic E-state index is 0.707. The summed E-state index contributed by atoms with van der Waals surface area (Å²) in [5.41, 5.74) is 0. The Balaban J connectivity index is 2.21. The molecule has 0 aromatic heterocycles. The summed E-state index contributed by atoms with van der Waals surface area (Å²) in [7, 11) is 0. The molecule has 2 atom stereocenters. The van der Waals surface area contributed by atoms with Crippen molar-refractivity contribution in [3.63, 3.8) is 0 Å². The number of hydrogen-bond donors (Lipinski definition) is 0. The van der Waals surface area contributed by atoms with Gasteiger partial charge in [0.15, 0.2) is 0 Å². The Morgan fingerprint density at radius 3 is 2.80 bits per heavy atom. The molecule has 0 bridgehead atoms. The van der Waals surface area contributed by atoms with Gasteiger partial charge in [-0.25, -0.2) is 0 Å². The van der Waals surface area contributed by atoms with Crippen LogP contribution in [0, 0.1) is 11.8 Å². The van der Waals surface area contributed by atoms with Crippen LogP contribution < -0.4 is 0 Å². The zero-order chi connectivity index (χ0) is 6.81. The van der Waals surface area contributed by atoms with Crippen LogP contribution in [0.2, 0.25) is 0 Å². The maximum atomic E-state index is 2.33. The van der Waals surface area contributed by atoms with E-state index in [2.05, 4.69) is 36.5 Å². The molecule has 10 heavy (non-hydrogen) atoms. The molecule has 2 rings (SSSR count). The molecule has 0 amide bonds.